The number of esters is 1. The fraction of sp³-hybridized carbons (Fsp3) is 0.412. The van der Waals surface area contributed by atoms with E-state index in [0.29, 0.717) is 5.56 Å². The van der Waals surface area contributed by atoms with E-state index >= 15 is 0 Å². The van der Waals surface area contributed by atoms with Gasteiger partial charge in [0.2, 0.25) is 10.0 Å². The van der Waals surface area contributed by atoms with Crippen molar-refractivity contribution >= 4 is 28.0 Å². The maximum atomic E-state index is 11.8. The van der Waals surface area contributed by atoms with Crippen LogP contribution in [0.1, 0.15) is 26.3 Å². The Morgan fingerprint density at radius 1 is 1.16 bits per heavy atom. The Bertz CT molecular complexity index is 699. The standard InChI is InChI=1S/C17H24N2O5S/c1-13(2)14(3)19-16(20)12-24-17(21)11-18-25(22,23)10-9-15-7-5-4-6-8-15/h4-10,13-14,18H,11-12H2,1-3H3,(H,19,20)/b10-9+. The minimum atomic E-state index is -3.78. The Kier molecular flexibility index (Phi) is 8.30. The van der Waals surface area contributed by atoms with Crippen molar-refractivity contribution in [3.8, 4) is 0 Å². The molecule has 0 spiro atoms. The van der Waals surface area contributed by atoms with Crippen LogP contribution in [0.2, 0.25) is 0 Å². The summed E-state index contributed by atoms with van der Waals surface area (Å²) in [5, 5.41) is 3.64. The molecule has 0 heterocycles. The van der Waals surface area contributed by atoms with Gasteiger partial charge in [-0.25, -0.2) is 13.1 Å². The maximum Gasteiger partial charge on any atom is 0.321 e. The smallest absolute Gasteiger partial charge is 0.321 e. The van der Waals surface area contributed by atoms with Crippen molar-refractivity contribution in [2.45, 2.75) is 26.8 Å². The SMILES string of the molecule is CC(C)C(C)NC(=O)COC(=O)CNS(=O)(=O)/C=C/c1ccccc1. The lowest BCUT2D eigenvalue weighted by molar-refractivity contribution is -0.147. The number of hydrogen-bond acceptors (Lipinski definition) is 5. The second-order valence-corrected chi connectivity index (χ2v) is 7.49. The van der Waals surface area contributed by atoms with Crippen molar-refractivity contribution in [3.63, 3.8) is 0 Å². The third kappa shape index (κ3) is 9.02. The molecule has 0 fully saturated rings. The second kappa shape index (κ2) is 9.95. The highest BCUT2D eigenvalue weighted by Gasteiger charge is 2.14. The third-order valence-corrected chi connectivity index (χ3v) is 4.45. The molecule has 1 amide bonds. The average molecular weight is 368 g/mol. The van der Waals surface area contributed by atoms with Gasteiger partial charge in [0.05, 0.1) is 0 Å². The van der Waals surface area contributed by atoms with Crippen LogP contribution in [0.4, 0.5) is 0 Å². The lowest BCUT2D eigenvalue weighted by Crippen LogP contribution is -2.39. The van der Waals surface area contributed by atoms with Gasteiger partial charge in [-0.15, -0.1) is 0 Å². The highest BCUT2D eigenvalue weighted by molar-refractivity contribution is 7.92. The van der Waals surface area contributed by atoms with Crippen LogP contribution in [0, 0.1) is 5.92 Å². The van der Waals surface area contributed by atoms with Crippen LogP contribution in [0.5, 0.6) is 0 Å². The maximum absolute atomic E-state index is 11.8. The normalized spacial score (nSPS) is 13.0. The van der Waals surface area contributed by atoms with Gasteiger partial charge in [-0.2, -0.15) is 0 Å². The van der Waals surface area contributed by atoms with Crippen molar-refractivity contribution < 1.29 is 22.7 Å². The van der Waals surface area contributed by atoms with E-state index in [4.69, 9.17) is 4.74 Å². The van der Waals surface area contributed by atoms with Crippen LogP contribution < -0.4 is 10.0 Å². The molecule has 1 atom stereocenters. The summed E-state index contributed by atoms with van der Waals surface area (Å²) in [6, 6.07) is 8.82. The quantitative estimate of drug-likeness (QED) is 0.640. The van der Waals surface area contributed by atoms with Crippen molar-refractivity contribution in [2.24, 2.45) is 5.92 Å². The van der Waals surface area contributed by atoms with Crippen LogP contribution in [0.3, 0.4) is 0 Å². The molecule has 8 heteroatoms. The fourth-order valence-corrected chi connectivity index (χ4v) is 2.35. The zero-order valence-electron chi connectivity index (χ0n) is 14.6. The van der Waals surface area contributed by atoms with Gasteiger partial charge in [0.25, 0.3) is 5.91 Å². The predicted molar refractivity (Wildman–Crippen MR) is 95.8 cm³/mol. The monoisotopic (exact) mass is 368 g/mol. The van der Waals surface area contributed by atoms with E-state index < -0.39 is 35.1 Å². The summed E-state index contributed by atoms with van der Waals surface area (Å²) >= 11 is 0. The van der Waals surface area contributed by atoms with Crippen LogP contribution in [-0.2, 0) is 24.3 Å². The van der Waals surface area contributed by atoms with Crippen molar-refractivity contribution in [1.82, 2.24) is 10.0 Å². The zero-order chi connectivity index (χ0) is 18.9. The molecule has 0 aliphatic carbocycles. The van der Waals surface area contributed by atoms with Crippen molar-refractivity contribution in [1.29, 1.82) is 0 Å². The molecule has 25 heavy (non-hydrogen) atoms. The van der Waals surface area contributed by atoms with Crippen LogP contribution in [0.25, 0.3) is 6.08 Å². The van der Waals surface area contributed by atoms with Crippen LogP contribution in [-0.4, -0.2) is 39.5 Å². The third-order valence-electron chi connectivity index (χ3n) is 3.41. The molecule has 1 unspecified atom stereocenters. The Balaban J connectivity index is 2.37. The lowest BCUT2D eigenvalue weighted by atomic mass is 10.1. The Hall–Kier alpha value is -2.19. The number of rotatable bonds is 9. The number of carbonyl (C=O) groups excluding carboxylic acids is 2. The summed E-state index contributed by atoms with van der Waals surface area (Å²) in [5.41, 5.74) is 0.714. The van der Waals surface area contributed by atoms with Crippen molar-refractivity contribution in [3.05, 3.63) is 41.3 Å². The second-order valence-electron chi connectivity index (χ2n) is 5.84. The van der Waals surface area contributed by atoms with Gasteiger partial charge in [0.15, 0.2) is 6.61 Å². The summed E-state index contributed by atoms with van der Waals surface area (Å²) in [5.74, 6) is -1.01. The first-order chi connectivity index (χ1) is 11.7. The molecule has 0 saturated carbocycles. The first-order valence-corrected chi connectivity index (χ1v) is 9.42. The summed E-state index contributed by atoms with van der Waals surface area (Å²) < 4.78 is 30.4. The molecule has 7 nitrogen and oxygen atoms in total. The number of nitrogens with one attached hydrogen (secondary N) is 2. The fourth-order valence-electron chi connectivity index (χ4n) is 1.60. The Morgan fingerprint density at radius 2 is 1.80 bits per heavy atom. The van der Waals surface area contributed by atoms with Gasteiger partial charge in [-0.1, -0.05) is 44.2 Å². The Labute approximate surface area is 148 Å². The minimum absolute atomic E-state index is 0.0483. The first kappa shape index (κ1) is 20.9. The van der Waals surface area contributed by atoms with Gasteiger partial charge in [0.1, 0.15) is 6.54 Å². The molecule has 0 bridgehead atoms. The Morgan fingerprint density at radius 3 is 2.40 bits per heavy atom. The summed E-state index contributed by atoms with van der Waals surface area (Å²) in [7, 11) is -3.78. The topological polar surface area (TPSA) is 102 Å². The van der Waals surface area contributed by atoms with Crippen molar-refractivity contribution in [2.75, 3.05) is 13.2 Å². The summed E-state index contributed by atoms with van der Waals surface area (Å²) in [6.07, 6.45) is 1.41. The molecule has 138 valence electrons. The number of sulfonamides is 1. The lowest BCUT2D eigenvalue weighted by Gasteiger charge is -2.17. The number of amides is 1. The molecule has 0 saturated heterocycles. The molecule has 1 aromatic carbocycles. The van der Waals surface area contributed by atoms with E-state index in [9.17, 15) is 18.0 Å². The van der Waals surface area contributed by atoms with Gasteiger partial charge >= 0.3 is 5.97 Å². The molecule has 0 aliphatic heterocycles. The first-order valence-electron chi connectivity index (χ1n) is 7.87. The average Bonchev–Trinajstić information content (AvgIpc) is 2.57. The van der Waals surface area contributed by atoms with E-state index in [1.54, 1.807) is 24.3 Å². The van der Waals surface area contributed by atoms with E-state index in [2.05, 4.69) is 10.0 Å². The molecular weight excluding hydrogens is 344 g/mol. The molecule has 0 radical (unpaired) electrons. The predicted octanol–water partition coefficient (Wildman–Crippen LogP) is 1.28. The summed E-state index contributed by atoms with van der Waals surface area (Å²) in [6.45, 7) is 4.76. The molecule has 1 aromatic rings. The van der Waals surface area contributed by atoms with Crippen LogP contribution >= 0.6 is 0 Å². The number of benzene rings is 1. The van der Waals surface area contributed by atoms with Gasteiger partial charge < -0.3 is 10.1 Å². The van der Waals surface area contributed by atoms with Crippen LogP contribution in [0.15, 0.2) is 35.7 Å². The van der Waals surface area contributed by atoms with E-state index in [-0.39, 0.29) is 12.0 Å². The highest BCUT2D eigenvalue weighted by Crippen LogP contribution is 2.02. The largest absolute Gasteiger partial charge is 0.455 e. The van der Waals surface area contributed by atoms with E-state index in [0.717, 1.165) is 5.41 Å². The van der Waals surface area contributed by atoms with Gasteiger partial charge in [-0.05, 0) is 24.5 Å². The van der Waals surface area contributed by atoms with E-state index in [1.807, 2.05) is 26.8 Å². The molecule has 1 rings (SSSR count). The minimum Gasteiger partial charge on any atom is -0.455 e. The van der Waals surface area contributed by atoms with E-state index in [1.165, 1.54) is 6.08 Å². The molecule has 0 aliphatic rings. The number of ether oxygens (including phenoxy) is 1. The molecular formula is C17H24N2O5S. The van der Waals surface area contributed by atoms with Gasteiger partial charge in [0, 0.05) is 11.4 Å². The summed E-state index contributed by atoms with van der Waals surface area (Å²) in [4.78, 5) is 23.1. The number of hydrogen-bond donors (Lipinski definition) is 2. The number of carbonyl (C=O) groups is 2. The molecule has 2 N–H and O–H groups in total. The zero-order valence-corrected chi connectivity index (χ0v) is 15.4. The van der Waals surface area contributed by atoms with Gasteiger partial charge in [-0.3, -0.25) is 9.59 Å². The molecule has 0 aromatic heterocycles. The highest BCUT2D eigenvalue weighted by atomic mass is 32.2.